The monoisotopic (exact) mass is 417 g/mol. The third kappa shape index (κ3) is 4.26. The Morgan fingerprint density at radius 2 is 1.92 bits per heavy atom. The summed E-state index contributed by atoms with van der Waals surface area (Å²) < 4.78 is 11.1. The van der Waals surface area contributed by atoms with Gasteiger partial charge in [0, 0.05) is 28.8 Å². The molecule has 1 N–H and O–H groups in total. The van der Waals surface area contributed by atoms with E-state index in [1.165, 1.54) is 13.2 Å². The summed E-state index contributed by atoms with van der Waals surface area (Å²) >= 11 is 3.41. The summed E-state index contributed by atoms with van der Waals surface area (Å²) in [6.45, 7) is 3.18. The van der Waals surface area contributed by atoms with Gasteiger partial charge in [0.05, 0.1) is 20.3 Å². The molecule has 1 saturated heterocycles. The van der Waals surface area contributed by atoms with E-state index in [0.29, 0.717) is 16.9 Å². The zero-order valence-corrected chi connectivity index (χ0v) is 16.0. The highest BCUT2D eigenvalue weighted by Crippen LogP contribution is 2.33. The van der Waals surface area contributed by atoms with E-state index in [-0.39, 0.29) is 11.5 Å². The number of halogens is 1. The van der Waals surface area contributed by atoms with E-state index in [4.69, 9.17) is 9.47 Å². The number of carbonyl (C=O) groups is 1. The van der Waals surface area contributed by atoms with Gasteiger partial charge in [-0.05, 0) is 54.1 Å². The number of aromatic hydroxyl groups is 1. The molecule has 0 aromatic heterocycles. The topological polar surface area (TPSA) is 59.0 Å². The molecule has 0 saturated carbocycles. The standard InChI is InChI=1S/C20H20BrNO4/c1-25-20-13-17(21)15(12-19(20)24)4-7-18(23)14-2-5-16(6-3-14)22-8-10-26-11-9-22/h2-7,12-13,24H,8-11H2,1H3/b7-4+. The molecule has 136 valence electrons. The number of rotatable bonds is 5. The Hall–Kier alpha value is -2.31. The van der Waals surface area contributed by atoms with Crippen LogP contribution < -0.4 is 9.64 Å². The number of allylic oxidation sites excluding steroid dienone is 1. The van der Waals surface area contributed by atoms with E-state index in [0.717, 1.165) is 36.5 Å². The molecule has 26 heavy (non-hydrogen) atoms. The van der Waals surface area contributed by atoms with Crippen molar-refractivity contribution in [1.29, 1.82) is 0 Å². The lowest BCUT2D eigenvalue weighted by molar-refractivity contribution is 0.104. The number of ether oxygens (including phenoxy) is 2. The van der Waals surface area contributed by atoms with Crippen LogP contribution in [0.4, 0.5) is 5.69 Å². The van der Waals surface area contributed by atoms with Gasteiger partial charge in [-0.25, -0.2) is 0 Å². The zero-order chi connectivity index (χ0) is 18.5. The number of phenols is 1. The second-order valence-electron chi connectivity index (χ2n) is 5.89. The van der Waals surface area contributed by atoms with Crippen LogP contribution >= 0.6 is 15.9 Å². The molecule has 2 aromatic rings. The van der Waals surface area contributed by atoms with Gasteiger partial charge in [-0.2, -0.15) is 0 Å². The summed E-state index contributed by atoms with van der Waals surface area (Å²) in [5.74, 6) is 0.303. The molecule has 5 nitrogen and oxygen atoms in total. The van der Waals surface area contributed by atoms with Gasteiger partial charge >= 0.3 is 0 Å². The average molecular weight is 418 g/mol. The lowest BCUT2D eigenvalue weighted by atomic mass is 10.1. The highest BCUT2D eigenvalue weighted by molar-refractivity contribution is 9.10. The Morgan fingerprint density at radius 3 is 2.58 bits per heavy atom. The fourth-order valence-electron chi connectivity index (χ4n) is 2.77. The molecular weight excluding hydrogens is 398 g/mol. The van der Waals surface area contributed by atoms with Gasteiger partial charge in [-0.3, -0.25) is 4.79 Å². The number of phenolic OH excluding ortho intramolecular Hbond substituents is 1. The maximum atomic E-state index is 12.4. The van der Waals surface area contributed by atoms with Gasteiger partial charge in [0.1, 0.15) is 0 Å². The van der Waals surface area contributed by atoms with Gasteiger partial charge in [-0.1, -0.05) is 15.9 Å². The third-order valence-electron chi connectivity index (χ3n) is 4.24. The Kier molecular flexibility index (Phi) is 5.96. The van der Waals surface area contributed by atoms with Crippen LogP contribution in [0.25, 0.3) is 6.08 Å². The highest BCUT2D eigenvalue weighted by Gasteiger charge is 2.12. The van der Waals surface area contributed by atoms with Crippen LogP contribution in [0.5, 0.6) is 11.5 Å². The van der Waals surface area contributed by atoms with E-state index in [2.05, 4.69) is 20.8 Å². The molecule has 0 bridgehead atoms. The minimum absolute atomic E-state index is 0.0256. The summed E-state index contributed by atoms with van der Waals surface area (Å²) in [6, 6.07) is 10.8. The zero-order valence-electron chi connectivity index (χ0n) is 14.4. The second kappa shape index (κ2) is 8.38. The van der Waals surface area contributed by atoms with Gasteiger partial charge in [0.15, 0.2) is 17.3 Å². The SMILES string of the molecule is COc1cc(Br)c(/C=C/C(=O)c2ccc(N3CCOCC3)cc2)cc1O. The van der Waals surface area contributed by atoms with Gasteiger partial charge in [-0.15, -0.1) is 0 Å². The predicted octanol–water partition coefficient (Wildman–Crippen LogP) is 3.90. The maximum absolute atomic E-state index is 12.4. The molecule has 3 rings (SSSR count). The molecule has 0 radical (unpaired) electrons. The first-order valence-corrected chi connectivity index (χ1v) is 9.09. The molecule has 1 heterocycles. The molecule has 0 spiro atoms. The quantitative estimate of drug-likeness (QED) is 0.590. The Morgan fingerprint density at radius 1 is 1.23 bits per heavy atom. The first-order valence-electron chi connectivity index (χ1n) is 8.30. The van der Waals surface area contributed by atoms with E-state index < -0.39 is 0 Å². The van der Waals surface area contributed by atoms with Crippen LogP contribution in [0, 0.1) is 0 Å². The van der Waals surface area contributed by atoms with Crippen molar-refractivity contribution in [2.24, 2.45) is 0 Å². The van der Waals surface area contributed by atoms with E-state index in [1.807, 2.05) is 24.3 Å². The second-order valence-corrected chi connectivity index (χ2v) is 6.74. The lowest BCUT2D eigenvalue weighted by Crippen LogP contribution is -2.36. The minimum atomic E-state index is -0.0965. The van der Waals surface area contributed by atoms with Crippen LogP contribution in [-0.2, 0) is 4.74 Å². The molecule has 1 aliphatic rings. The van der Waals surface area contributed by atoms with E-state index in [1.54, 1.807) is 18.2 Å². The Labute approximate surface area is 161 Å². The summed E-state index contributed by atoms with van der Waals surface area (Å²) in [5, 5.41) is 9.87. The lowest BCUT2D eigenvalue weighted by Gasteiger charge is -2.28. The maximum Gasteiger partial charge on any atom is 0.185 e. The molecule has 1 aliphatic heterocycles. The average Bonchev–Trinajstić information content (AvgIpc) is 2.69. The molecule has 0 atom stereocenters. The first kappa shape index (κ1) is 18.5. The van der Waals surface area contributed by atoms with E-state index in [9.17, 15) is 9.90 Å². The number of benzene rings is 2. The smallest absolute Gasteiger partial charge is 0.185 e. The van der Waals surface area contributed by atoms with Crippen molar-refractivity contribution in [3.8, 4) is 11.5 Å². The Balaban J connectivity index is 1.71. The van der Waals surface area contributed by atoms with Crippen molar-refractivity contribution in [2.45, 2.75) is 0 Å². The summed E-state index contributed by atoms with van der Waals surface area (Å²) in [6.07, 6.45) is 3.16. The van der Waals surface area contributed by atoms with Crippen molar-refractivity contribution >= 4 is 33.5 Å². The van der Waals surface area contributed by atoms with Gasteiger partial charge in [0.2, 0.25) is 0 Å². The molecular formula is C20H20BrNO4. The van der Waals surface area contributed by atoms with Crippen molar-refractivity contribution in [2.75, 3.05) is 38.3 Å². The number of morpholine rings is 1. The number of carbonyl (C=O) groups excluding carboxylic acids is 1. The molecule has 0 amide bonds. The first-order chi connectivity index (χ1) is 12.6. The molecule has 6 heteroatoms. The molecule has 2 aromatic carbocycles. The number of methoxy groups -OCH3 is 1. The van der Waals surface area contributed by atoms with Crippen LogP contribution in [0.1, 0.15) is 15.9 Å². The predicted molar refractivity (Wildman–Crippen MR) is 105 cm³/mol. The van der Waals surface area contributed by atoms with E-state index >= 15 is 0 Å². The van der Waals surface area contributed by atoms with Crippen LogP contribution in [0.3, 0.4) is 0 Å². The van der Waals surface area contributed by atoms with Crippen molar-refractivity contribution < 1.29 is 19.4 Å². The number of nitrogens with zero attached hydrogens (tertiary/aromatic N) is 1. The number of anilines is 1. The molecule has 0 aliphatic carbocycles. The summed E-state index contributed by atoms with van der Waals surface area (Å²) in [4.78, 5) is 14.6. The number of hydrogen-bond acceptors (Lipinski definition) is 5. The molecule has 1 fully saturated rings. The minimum Gasteiger partial charge on any atom is -0.504 e. The summed E-state index contributed by atoms with van der Waals surface area (Å²) in [5.41, 5.74) is 2.41. The fraction of sp³-hybridized carbons (Fsp3) is 0.250. The fourth-order valence-corrected chi connectivity index (χ4v) is 3.23. The number of hydrogen-bond donors (Lipinski definition) is 1. The molecule has 0 unspecified atom stereocenters. The van der Waals surface area contributed by atoms with Gasteiger partial charge in [0.25, 0.3) is 0 Å². The Bertz CT molecular complexity index is 811. The highest BCUT2D eigenvalue weighted by atomic mass is 79.9. The number of ketones is 1. The van der Waals surface area contributed by atoms with Crippen molar-refractivity contribution in [1.82, 2.24) is 0 Å². The van der Waals surface area contributed by atoms with Crippen molar-refractivity contribution in [3.05, 3.63) is 58.1 Å². The van der Waals surface area contributed by atoms with Crippen molar-refractivity contribution in [3.63, 3.8) is 0 Å². The van der Waals surface area contributed by atoms with Crippen LogP contribution in [0.2, 0.25) is 0 Å². The van der Waals surface area contributed by atoms with Gasteiger partial charge < -0.3 is 19.5 Å². The largest absolute Gasteiger partial charge is 0.504 e. The normalized spacial score (nSPS) is 14.6. The summed E-state index contributed by atoms with van der Waals surface area (Å²) in [7, 11) is 1.49. The van der Waals surface area contributed by atoms with Crippen LogP contribution in [-0.4, -0.2) is 44.3 Å². The third-order valence-corrected chi connectivity index (χ3v) is 4.93. The van der Waals surface area contributed by atoms with Crippen LogP contribution in [0.15, 0.2) is 46.9 Å².